The van der Waals surface area contributed by atoms with Crippen molar-refractivity contribution in [2.24, 2.45) is 0 Å². The predicted molar refractivity (Wildman–Crippen MR) is 162 cm³/mol. The van der Waals surface area contributed by atoms with Gasteiger partial charge in [-0.1, -0.05) is 36.4 Å². The summed E-state index contributed by atoms with van der Waals surface area (Å²) in [5.41, 5.74) is 2.41. The minimum Gasteiger partial charge on any atom is -0.399 e. The van der Waals surface area contributed by atoms with Crippen LogP contribution < -0.4 is 15.9 Å². The van der Waals surface area contributed by atoms with Crippen LogP contribution in [-0.2, 0) is 15.7 Å². The Morgan fingerprint density at radius 1 is 0.929 bits per heavy atom. The van der Waals surface area contributed by atoms with Crippen molar-refractivity contribution in [2.45, 2.75) is 45.3 Å². The second-order valence-corrected chi connectivity index (χ2v) is 12.0. The molecular formula is C32H34BFN4O4. The highest BCUT2D eigenvalue weighted by Gasteiger charge is 2.51. The van der Waals surface area contributed by atoms with E-state index in [-0.39, 0.29) is 17.0 Å². The standard InChI is InChI=1S/C32H34BFN4O4/c1-31(2)32(3,4)42-33(41-31)22-10-12-23(13-11-22)37-15-17-38(18-16-37)30(40)26-19-21(9-14-27(26)34)20-28-24-7-5-6-8-25(24)29(39)36-35-28/h5-14,19H,15-18,20H2,1-4H3,(H,36,39). The predicted octanol–water partition coefficient (Wildman–Crippen LogP) is 3.91. The van der Waals surface area contributed by atoms with Gasteiger partial charge in [-0.3, -0.25) is 9.59 Å². The summed E-state index contributed by atoms with van der Waals surface area (Å²) >= 11 is 0. The van der Waals surface area contributed by atoms with E-state index in [0.717, 1.165) is 22.1 Å². The van der Waals surface area contributed by atoms with Crippen LogP contribution in [0.15, 0.2) is 71.5 Å². The maximum atomic E-state index is 14.9. The van der Waals surface area contributed by atoms with Crippen LogP contribution in [0.3, 0.4) is 0 Å². The summed E-state index contributed by atoms with van der Waals surface area (Å²) in [6, 6.07) is 20.0. The molecule has 42 heavy (non-hydrogen) atoms. The Morgan fingerprint density at radius 2 is 1.57 bits per heavy atom. The monoisotopic (exact) mass is 568 g/mol. The van der Waals surface area contributed by atoms with Crippen molar-refractivity contribution < 1.29 is 18.5 Å². The van der Waals surface area contributed by atoms with Gasteiger partial charge in [0, 0.05) is 43.7 Å². The first-order valence-electron chi connectivity index (χ1n) is 14.3. The summed E-state index contributed by atoms with van der Waals surface area (Å²) in [5.74, 6) is -0.881. The Balaban J connectivity index is 1.11. The van der Waals surface area contributed by atoms with Gasteiger partial charge < -0.3 is 19.1 Å². The number of carbonyl (C=O) groups is 1. The SMILES string of the molecule is CC1(C)OB(c2ccc(N3CCN(C(=O)c4cc(Cc5n[nH]c(=O)c6ccccc56)ccc4F)CC3)cc2)OC1(C)C. The number of benzene rings is 3. The molecule has 2 aliphatic heterocycles. The van der Waals surface area contributed by atoms with E-state index in [0.29, 0.717) is 43.7 Å². The molecule has 6 rings (SSSR count). The summed E-state index contributed by atoms with van der Waals surface area (Å²) in [4.78, 5) is 29.5. The molecule has 216 valence electrons. The van der Waals surface area contributed by atoms with Crippen LogP contribution in [0.4, 0.5) is 10.1 Å². The van der Waals surface area contributed by atoms with Gasteiger partial charge in [-0.25, -0.2) is 9.49 Å². The molecule has 1 N–H and O–H groups in total. The Labute approximate surface area is 244 Å². The Kier molecular flexibility index (Phi) is 7.15. The number of nitrogens with zero attached hydrogens (tertiary/aromatic N) is 3. The molecule has 0 bridgehead atoms. The normalized spacial score (nSPS) is 18.1. The average molecular weight is 568 g/mol. The van der Waals surface area contributed by atoms with Gasteiger partial charge in [0.2, 0.25) is 0 Å². The lowest BCUT2D eigenvalue weighted by Gasteiger charge is -2.36. The zero-order valence-electron chi connectivity index (χ0n) is 24.3. The van der Waals surface area contributed by atoms with E-state index >= 15 is 0 Å². The third kappa shape index (κ3) is 5.21. The van der Waals surface area contributed by atoms with Crippen molar-refractivity contribution in [2.75, 3.05) is 31.1 Å². The molecule has 2 fully saturated rings. The Morgan fingerprint density at radius 3 is 2.24 bits per heavy atom. The lowest BCUT2D eigenvalue weighted by atomic mass is 9.79. The number of H-pyrrole nitrogens is 1. The third-order valence-electron chi connectivity index (χ3n) is 8.76. The highest BCUT2D eigenvalue weighted by atomic mass is 19.1. The number of hydrogen-bond acceptors (Lipinski definition) is 6. The summed E-state index contributed by atoms with van der Waals surface area (Å²) in [6.07, 6.45) is 0.355. The maximum Gasteiger partial charge on any atom is 0.494 e. The van der Waals surface area contributed by atoms with Gasteiger partial charge in [-0.05, 0) is 69.1 Å². The summed E-state index contributed by atoms with van der Waals surface area (Å²) in [5, 5.41) is 8.03. The molecule has 0 aliphatic carbocycles. The number of amides is 1. The lowest BCUT2D eigenvalue weighted by Crippen LogP contribution is -2.49. The smallest absolute Gasteiger partial charge is 0.399 e. The number of piperazine rings is 1. The first-order valence-corrected chi connectivity index (χ1v) is 14.3. The number of aromatic nitrogens is 2. The van der Waals surface area contributed by atoms with Crippen LogP contribution in [0.2, 0.25) is 0 Å². The van der Waals surface area contributed by atoms with Crippen LogP contribution in [0.5, 0.6) is 0 Å². The summed E-state index contributed by atoms with van der Waals surface area (Å²) in [7, 11) is -0.414. The second kappa shape index (κ2) is 10.7. The topological polar surface area (TPSA) is 87.8 Å². The van der Waals surface area contributed by atoms with Crippen molar-refractivity contribution in [3.63, 3.8) is 0 Å². The fourth-order valence-electron chi connectivity index (χ4n) is 5.51. The number of hydrogen-bond donors (Lipinski definition) is 1. The number of rotatable bonds is 5. The van der Waals surface area contributed by atoms with Crippen molar-refractivity contribution in [3.05, 3.63) is 99.7 Å². The second-order valence-electron chi connectivity index (χ2n) is 12.0. The number of anilines is 1. The summed E-state index contributed by atoms with van der Waals surface area (Å²) < 4.78 is 27.2. The number of nitrogens with one attached hydrogen (secondary N) is 1. The van der Waals surface area contributed by atoms with Gasteiger partial charge in [0.05, 0.1) is 27.8 Å². The minimum atomic E-state index is -0.552. The molecular weight excluding hydrogens is 534 g/mol. The fraction of sp³-hybridized carbons (Fsp3) is 0.344. The van der Waals surface area contributed by atoms with E-state index in [4.69, 9.17) is 9.31 Å². The highest BCUT2D eigenvalue weighted by Crippen LogP contribution is 2.36. The van der Waals surface area contributed by atoms with Crippen LogP contribution >= 0.6 is 0 Å². The van der Waals surface area contributed by atoms with Gasteiger partial charge in [-0.2, -0.15) is 5.10 Å². The zero-order chi connectivity index (χ0) is 29.6. The van der Waals surface area contributed by atoms with E-state index in [9.17, 15) is 14.0 Å². The van der Waals surface area contributed by atoms with Gasteiger partial charge in [-0.15, -0.1) is 0 Å². The Bertz CT molecular complexity index is 1680. The molecule has 4 aromatic rings. The number of aromatic amines is 1. The van der Waals surface area contributed by atoms with Gasteiger partial charge in [0.15, 0.2) is 0 Å². The molecule has 8 nitrogen and oxygen atoms in total. The van der Waals surface area contributed by atoms with Crippen LogP contribution in [0.25, 0.3) is 10.8 Å². The number of fused-ring (bicyclic) bond motifs is 1. The molecule has 0 spiro atoms. The van der Waals surface area contributed by atoms with E-state index < -0.39 is 24.1 Å². The number of halogens is 1. The third-order valence-corrected chi connectivity index (χ3v) is 8.76. The summed E-state index contributed by atoms with van der Waals surface area (Å²) in [6.45, 7) is 10.4. The minimum absolute atomic E-state index is 0.0430. The molecule has 0 unspecified atom stereocenters. The molecule has 10 heteroatoms. The number of carbonyl (C=O) groups excluding carboxylic acids is 1. The van der Waals surface area contributed by atoms with Crippen LogP contribution in [0, 0.1) is 5.82 Å². The molecule has 2 aliphatic rings. The molecule has 1 amide bonds. The molecule has 3 aromatic carbocycles. The molecule has 3 heterocycles. The fourth-order valence-corrected chi connectivity index (χ4v) is 5.51. The average Bonchev–Trinajstić information content (AvgIpc) is 3.21. The molecule has 0 saturated carbocycles. The lowest BCUT2D eigenvalue weighted by molar-refractivity contribution is 0.00578. The van der Waals surface area contributed by atoms with Crippen LogP contribution in [0.1, 0.15) is 49.3 Å². The molecule has 0 atom stereocenters. The van der Waals surface area contributed by atoms with Crippen molar-refractivity contribution in [3.8, 4) is 0 Å². The van der Waals surface area contributed by atoms with E-state index in [1.807, 2.05) is 52.0 Å². The largest absolute Gasteiger partial charge is 0.494 e. The first-order chi connectivity index (χ1) is 20.0. The first kappa shape index (κ1) is 28.1. The van der Waals surface area contributed by atoms with Crippen LogP contribution in [-0.4, -0.2) is 65.5 Å². The highest BCUT2D eigenvalue weighted by molar-refractivity contribution is 6.62. The molecule has 2 saturated heterocycles. The van der Waals surface area contributed by atoms with Gasteiger partial charge >= 0.3 is 7.12 Å². The Hall–Kier alpha value is -4.02. The van der Waals surface area contributed by atoms with Gasteiger partial charge in [0.25, 0.3) is 11.5 Å². The van der Waals surface area contributed by atoms with Gasteiger partial charge in [0.1, 0.15) is 5.82 Å². The molecule has 1 aromatic heterocycles. The van der Waals surface area contributed by atoms with E-state index in [1.165, 1.54) is 6.07 Å². The maximum absolute atomic E-state index is 14.9. The zero-order valence-corrected chi connectivity index (χ0v) is 24.3. The van der Waals surface area contributed by atoms with Crippen molar-refractivity contribution >= 4 is 34.9 Å². The van der Waals surface area contributed by atoms with E-state index in [1.54, 1.807) is 29.2 Å². The van der Waals surface area contributed by atoms with Crippen molar-refractivity contribution in [1.82, 2.24) is 15.1 Å². The quantitative estimate of drug-likeness (QED) is 0.368. The molecule has 0 radical (unpaired) electrons. The van der Waals surface area contributed by atoms with E-state index in [2.05, 4.69) is 27.2 Å². The van der Waals surface area contributed by atoms with Crippen molar-refractivity contribution in [1.29, 1.82) is 0 Å².